The SMILES string of the molecule is C=C(Br)C/C(C(=O)OCC)=C(\C)CC. The van der Waals surface area contributed by atoms with E-state index in [1.165, 1.54) is 0 Å². The molecule has 0 aromatic heterocycles. The molecule has 0 aliphatic heterocycles. The van der Waals surface area contributed by atoms with Crippen LogP contribution in [0.4, 0.5) is 0 Å². The molecule has 0 radical (unpaired) electrons. The van der Waals surface area contributed by atoms with E-state index in [4.69, 9.17) is 4.74 Å². The Hall–Kier alpha value is -0.570. The zero-order chi connectivity index (χ0) is 11.1. The van der Waals surface area contributed by atoms with Crippen LogP contribution in [0.1, 0.15) is 33.6 Å². The molecular weight excluding hydrogens is 244 g/mol. The molecule has 0 fully saturated rings. The maximum absolute atomic E-state index is 11.5. The largest absolute Gasteiger partial charge is 0.463 e. The molecule has 0 aliphatic carbocycles. The maximum Gasteiger partial charge on any atom is 0.334 e. The van der Waals surface area contributed by atoms with Gasteiger partial charge in [-0.25, -0.2) is 4.79 Å². The number of allylic oxidation sites excluding steroid dienone is 2. The highest BCUT2D eigenvalue weighted by molar-refractivity contribution is 9.11. The Bertz CT molecular complexity index is 254. The third-order valence-electron chi connectivity index (χ3n) is 1.94. The van der Waals surface area contributed by atoms with Crippen LogP contribution >= 0.6 is 15.9 Å². The van der Waals surface area contributed by atoms with Crippen LogP contribution in [0.2, 0.25) is 0 Å². The molecule has 0 aliphatic rings. The Balaban J connectivity index is 4.72. The van der Waals surface area contributed by atoms with Gasteiger partial charge < -0.3 is 4.74 Å². The topological polar surface area (TPSA) is 26.3 Å². The number of halogens is 1. The van der Waals surface area contributed by atoms with Gasteiger partial charge in [0.1, 0.15) is 0 Å². The highest BCUT2D eigenvalue weighted by atomic mass is 79.9. The first-order valence-corrected chi connectivity index (χ1v) is 5.51. The van der Waals surface area contributed by atoms with Crippen LogP contribution in [0.25, 0.3) is 0 Å². The molecule has 2 nitrogen and oxygen atoms in total. The van der Waals surface area contributed by atoms with Crippen molar-refractivity contribution in [1.82, 2.24) is 0 Å². The van der Waals surface area contributed by atoms with E-state index < -0.39 is 0 Å². The number of ether oxygens (including phenoxy) is 1. The Labute approximate surface area is 94.2 Å². The van der Waals surface area contributed by atoms with E-state index in [0.717, 1.165) is 22.0 Å². The third-order valence-corrected chi connectivity index (χ3v) is 2.22. The van der Waals surface area contributed by atoms with Crippen LogP contribution in [0.15, 0.2) is 22.2 Å². The molecule has 0 amide bonds. The fraction of sp³-hybridized carbons (Fsp3) is 0.545. The average Bonchev–Trinajstić information content (AvgIpc) is 2.13. The standard InChI is InChI=1S/C11H17BrO2/c1-5-8(3)10(7-9(4)12)11(13)14-6-2/h4-7H2,1-3H3/b10-8-. The zero-order valence-corrected chi connectivity index (χ0v) is 10.6. The predicted octanol–water partition coefficient (Wildman–Crippen LogP) is 3.57. The van der Waals surface area contributed by atoms with Crippen molar-refractivity contribution in [2.45, 2.75) is 33.6 Å². The molecule has 0 heterocycles. The van der Waals surface area contributed by atoms with Gasteiger partial charge in [-0.15, -0.1) is 0 Å². The van der Waals surface area contributed by atoms with Gasteiger partial charge >= 0.3 is 5.97 Å². The van der Waals surface area contributed by atoms with E-state index in [2.05, 4.69) is 22.5 Å². The molecule has 14 heavy (non-hydrogen) atoms. The Morgan fingerprint density at radius 2 is 2.00 bits per heavy atom. The maximum atomic E-state index is 11.5. The molecule has 0 aromatic rings. The van der Waals surface area contributed by atoms with Crippen molar-refractivity contribution in [3.8, 4) is 0 Å². The molecule has 0 N–H and O–H groups in total. The van der Waals surface area contributed by atoms with E-state index >= 15 is 0 Å². The number of carbonyl (C=O) groups excluding carboxylic acids is 1. The first-order chi connectivity index (χ1) is 6.52. The second kappa shape index (κ2) is 6.82. The Morgan fingerprint density at radius 3 is 2.36 bits per heavy atom. The summed E-state index contributed by atoms with van der Waals surface area (Å²) in [6, 6.07) is 0. The molecule has 0 unspecified atom stereocenters. The summed E-state index contributed by atoms with van der Waals surface area (Å²) in [6.07, 6.45) is 1.40. The van der Waals surface area contributed by atoms with E-state index in [9.17, 15) is 4.79 Å². The van der Waals surface area contributed by atoms with Gasteiger partial charge in [0.2, 0.25) is 0 Å². The van der Waals surface area contributed by atoms with E-state index in [1.807, 2.05) is 13.8 Å². The second-order valence-corrected chi connectivity index (χ2v) is 4.15. The molecule has 0 spiro atoms. The highest BCUT2D eigenvalue weighted by Crippen LogP contribution is 2.20. The molecule has 0 atom stereocenters. The number of hydrogen-bond acceptors (Lipinski definition) is 2. The van der Waals surface area contributed by atoms with Gasteiger partial charge in [-0.05, 0) is 24.8 Å². The predicted molar refractivity (Wildman–Crippen MR) is 62.3 cm³/mol. The van der Waals surface area contributed by atoms with E-state index in [1.54, 1.807) is 6.92 Å². The molecule has 0 bridgehead atoms. The van der Waals surface area contributed by atoms with Gasteiger partial charge in [-0.1, -0.05) is 35.0 Å². The smallest absolute Gasteiger partial charge is 0.334 e. The summed E-state index contributed by atoms with van der Waals surface area (Å²) < 4.78 is 5.77. The van der Waals surface area contributed by atoms with Gasteiger partial charge in [0.15, 0.2) is 0 Å². The fourth-order valence-corrected chi connectivity index (χ4v) is 1.30. The lowest BCUT2D eigenvalue weighted by molar-refractivity contribution is -0.138. The quantitative estimate of drug-likeness (QED) is 0.558. The molecular formula is C11H17BrO2. The monoisotopic (exact) mass is 260 g/mol. The van der Waals surface area contributed by atoms with Crippen molar-refractivity contribution in [1.29, 1.82) is 0 Å². The number of rotatable bonds is 5. The van der Waals surface area contributed by atoms with Crippen molar-refractivity contribution in [3.05, 3.63) is 22.2 Å². The first kappa shape index (κ1) is 13.4. The molecule has 80 valence electrons. The van der Waals surface area contributed by atoms with Gasteiger partial charge in [0.05, 0.1) is 6.61 Å². The summed E-state index contributed by atoms with van der Waals surface area (Å²) in [5.41, 5.74) is 1.78. The Kier molecular flexibility index (Phi) is 6.54. The molecule has 0 saturated heterocycles. The van der Waals surface area contributed by atoms with Gasteiger partial charge in [0, 0.05) is 12.0 Å². The summed E-state index contributed by atoms with van der Waals surface area (Å²) in [6.45, 7) is 9.91. The lowest BCUT2D eigenvalue weighted by Gasteiger charge is -2.09. The summed E-state index contributed by atoms with van der Waals surface area (Å²) in [5.74, 6) is -0.229. The zero-order valence-electron chi connectivity index (χ0n) is 9.02. The minimum atomic E-state index is -0.229. The van der Waals surface area contributed by atoms with Crippen LogP contribution in [-0.4, -0.2) is 12.6 Å². The highest BCUT2D eigenvalue weighted by Gasteiger charge is 2.13. The van der Waals surface area contributed by atoms with Gasteiger partial charge in [0.25, 0.3) is 0 Å². The lowest BCUT2D eigenvalue weighted by atomic mass is 10.0. The molecule has 0 aromatic carbocycles. The Morgan fingerprint density at radius 1 is 1.43 bits per heavy atom. The minimum absolute atomic E-state index is 0.229. The molecule has 0 rings (SSSR count). The van der Waals surface area contributed by atoms with Crippen molar-refractivity contribution < 1.29 is 9.53 Å². The summed E-state index contributed by atoms with van der Waals surface area (Å²) in [5, 5.41) is 0. The first-order valence-electron chi connectivity index (χ1n) is 4.71. The van der Waals surface area contributed by atoms with Crippen LogP contribution in [0.3, 0.4) is 0 Å². The van der Waals surface area contributed by atoms with Crippen molar-refractivity contribution in [3.63, 3.8) is 0 Å². The fourth-order valence-electron chi connectivity index (χ4n) is 1.02. The van der Waals surface area contributed by atoms with E-state index in [-0.39, 0.29) is 5.97 Å². The normalized spacial score (nSPS) is 12.0. The van der Waals surface area contributed by atoms with Crippen LogP contribution in [0.5, 0.6) is 0 Å². The van der Waals surface area contributed by atoms with Crippen LogP contribution < -0.4 is 0 Å². The average molecular weight is 261 g/mol. The van der Waals surface area contributed by atoms with Crippen LogP contribution in [0, 0.1) is 0 Å². The minimum Gasteiger partial charge on any atom is -0.463 e. The summed E-state index contributed by atoms with van der Waals surface area (Å²) >= 11 is 3.26. The number of esters is 1. The third kappa shape index (κ3) is 4.61. The number of hydrogen-bond donors (Lipinski definition) is 0. The van der Waals surface area contributed by atoms with E-state index in [0.29, 0.717) is 13.0 Å². The van der Waals surface area contributed by atoms with Crippen molar-refractivity contribution in [2.24, 2.45) is 0 Å². The lowest BCUT2D eigenvalue weighted by Crippen LogP contribution is -2.09. The summed E-state index contributed by atoms with van der Waals surface area (Å²) in [7, 11) is 0. The van der Waals surface area contributed by atoms with Crippen molar-refractivity contribution >= 4 is 21.9 Å². The number of carbonyl (C=O) groups is 1. The van der Waals surface area contributed by atoms with Crippen molar-refractivity contribution in [2.75, 3.05) is 6.61 Å². The van der Waals surface area contributed by atoms with Gasteiger partial charge in [-0.2, -0.15) is 0 Å². The summed E-state index contributed by atoms with van der Waals surface area (Å²) in [4.78, 5) is 11.5. The van der Waals surface area contributed by atoms with Crippen LogP contribution in [-0.2, 0) is 9.53 Å². The molecule has 3 heteroatoms. The van der Waals surface area contributed by atoms with Gasteiger partial charge in [-0.3, -0.25) is 0 Å². The molecule has 0 saturated carbocycles. The second-order valence-electron chi connectivity index (χ2n) is 3.03.